The lowest BCUT2D eigenvalue weighted by Crippen LogP contribution is -2.63. The molecule has 98 valence electrons. The minimum Gasteiger partial charge on any atom is -0.386 e. The van der Waals surface area contributed by atoms with E-state index in [-0.39, 0.29) is 5.91 Å². The van der Waals surface area contributed by atoms with Crippen molar-refractivity contribution in [3.8, 4) is 0 Å². The maximum Gasteiger partial charge on any atom is 0.254 e. The first-order valence-electron chi connectivity index (χ1n) is 6.55. The summed E-state index contributed by atoms with van der Waals surface area (Å²) in [7, 11) is 0. The topological polar surface area (TPSA) is 40.5 Å². The first kappa shape index (κ1) is 13.1. The van der Waals surface area contributed by atoms with Gasteiger partial charge < -0.3 is 10.0 Å². The standard InChI is InChI=1S/C15H21NO2/c1-4-8-15(18)9-16(10-15)14(17)13-11(2)6-5-7-12(13)3/h5-7,18H,4,8-10H2,1-3H3. The van der Waals surface area contributed by atoms with Gasteiger partial charge in [0, 0.05) is 5.56 Å². The highest BCUT2D eigenvalue weighted by atomic mass is 16.3. The third-order valence-electron chi connectivity index (χ3n) is 3.67. The minimum atomic E-state index is -0.652. The lowest BCUT2D eigenvalue weighted by atomic mass is 9.88. The molecule has 1 aromatic carbocycles. The molecule has 0 spiro atoms. The lowest BCUT2D eigenvalue weighted by Gasteiger charge is -2.46. The number of hydrogen-bond donors (Lipinski definition) is 1. The first-order chi connectivity index (χ1) is 8.47. The first-order valence-corrected chi connectivity index (χ1v) is 6.55. The normalized spacial score (nSPS) is 17.4. The van der Waals surface area contributed by atoms with Crippen LogP contribution in [0.25, 0.3) is 0 Å². The van der Waals surface area contributed by atoms with Crippen molar-refractivity contribution in [2.24, 2.45) is 0 Å². The van der Waals surface area contributed by atoms with Crippen LogP contribution < -0.4 is 0 Å². The van der Waals surface area contributed by atoms with Crippen molar-refractivity contribution in [3.05, 3.63) is 34.9 Å². The molecule has 0 atom stereocenters. The van der Waals surface area contributed by atoms with E-state index in [0.29, 0.717) is 13.1 Å². The smallest absolute Gasteiger partial charge is 0.254 e. The van der Waals surface area contributed by atoms with E-state index in [9.17, 15) is 9.90 Å². The van der Waals surface area contributed by atoms with Crippen LogP contribution in [-0.2, 0) is 0 Å². The fraction of sp³-hybridized carbons (Fsp3) is 0.533. The molecule has 18 heavy (non-hydrogen) atoms. The van der Waals surface area contributed by atoms with E-state index in [1.165, 1.54) is 0 Å². The van der Waals surface area contributed by atoms with Gasteiger partial charge in [-0.2, -0.15) is 0 Å². The van der Waals surface area contributed by atoms with E-state index < -0.39 is 5.60 Å². The highest BCUT2D eigenvalue weighted by molar-refractivity contribution is 5.97. The van der Waals surface area contributed by atoms with Gasteiger partial charge in [0.05, 0.1) is 18.7 Å². The van der Waals surface area contributed by atoms with Crippen molar-refractivity contribution in [1.29, 1.82) is 0 Å². The molecule has 0 unspecified atom stereocenters. The number of amides is 1. The van der Waals surface area contributed by atoms with Crippen LogP contribution in [0.3, 0.4) is 0 Å². The summed E-state index contributed by atoms with van der Waals surface area (Å²) >= 11 is 0. The van der Waals surface area contributed by atoms with Gasteiger partial charge in [0.2, 0.25) is 0 Å². The van der Waals surface area contributed by atoms with Crippen molar-refractivity contribution in [3.63, 3.8) is 0 Å². The van der Waals surface area contributed by atoms with E-state index in [2.05, 4.69) is 0 Å². The second-order valence-corrected chi connectivity index (χ2v) is 5.40. The summed E-state index contributed by atoms with van der Waals surface area (Å²) in [6.45, 7) is 6.89. The molecule has 1 amide bonds. The van der Waals surface area contributed by atoms with Gasteiger partial charge in [-0.15, -0.1) is 0 Å². The Kier molecular flexibility index (Phi) is 3.44. The number of nitrogens with zero attached hydrogens (tertiary/aromatic N) is 1. The van der Waals surface area contributed by atoms with E-state index in [1.54, 1.807) is 4.90 Å². The molecule has 1 aliphatic heterocycles. The maximum atomic E-state index is 12.4. The Hall–Kier alpha value is -1.35. The van der Waals surface area contributed by atoms with Crippen molar-refractivity contribution in [2.75, 3.05) is 13.1 Å². The Bertz CT molecular complexity index is 441. The van der Waals surface area contributed by atoms with Crippen LogP contribution in [0.4, 0.5) is 0 Å². The van der Waals surface area contributed by atoms with Crippen LogP contribution >= 0.6 is 0 Å². The molecule has 1 N–H and O–H groups in total. The van der Waals surface area contributed by atoms with Crippen LogP contribution in [0.15, 0.2) is 18.2 Å². The molecular weight excluding hydrogens is 226 g/mol. The van der Waals surface area contributed by atoms with Gasteiger partial charge in [0.1, 0.15) is 0 Å². The summed E-state index contributed by atoms with van der Waals surface area (Å²) in [5.41, 5.74) is 2.15. The molecule has 1 saturated heterocycles. The van der Waals surface area contributed by atoms with Gasteiger partial charge in [0.25, 0.3) is 5.91 Å². The molecule has 3 nitrogen and oxygen atoms in total. The van der Waals surface area contributed by atoms with Gasteiger partial charge in [-0.3, -0.25) is 4.79 Å². The summed E-state index contributed by atoms with van der Waals surface area (Å²) in [6.07, 6.45) is 1.71. The molecule has 0 radical (unpaired) electrons. The zero-order chi connectivity index (χ0) is 13.3. The monoisotopic (exact) mass is 247 g/mol. The van der Waals surface area contributed by atoms with Gasteiger partial charge in [-0.05, 0) is 31.4 Å². The average Bonchev–Trinajstić information content (AvgIpc) is 2.25. The quantitative estimate of drug-likeness (QED) is 0.890. The second-order valence-electron chi connectivity index (χ2n) is 5.40. The maximum absolute atomic E-state index is 12.4. The Balaban J connectivity index is 2.11. The Morgan fingerprint density at radius 1 is 1.33 bits per heavy atom. The van der Waals surface area contributed by atoms with Crippen LogP contribution in [0.1, 0.15) is 41.3 Å². The van der Waals surface area contributed by atoms with Gasteiger partial charge in [0.15, 0.2) is 0 Å². The van der Waals surface area contributed by atoms with E-state index >= 15 is 0 Å². The molecule has 0 aromatic heterocycles. The van der Waals surface area contributed by atoms with Crippen LogP contribution in [0.2, 0.25) is 0 Å². The number of rotatable bonds is 3. The third-order valence-corrected chi connectivity index (χ3v) is 3.67. The average molecular weight is 247 g/mol. The fourth-order valence-corrected chi connectivity index (χ4v) is 2.74. The molecule has 0 saturated carbocycles. The van der Waals surface area contributed by atoms with Crippen LogP contribution in [0.5, 0.6) is 0 Å². The summed E-state index contributed by atoms with van der Waals surface area (Å²) in [4.78, 5) is 14.1. The number of aryl methyl sites for hydroxylation is 2. The lowest BCUT2D eigenvalue weighted by molar-refractivity contribution is -0.0860. The molecule has 1 fully saturated rings. The zero-order valence-corrected chi connectivity index (χ0v) is 11.4. The summed E-state index contributed by atoms with van der Waals surface area (Å²) in [5, 5.41) is 10.1. The number of likely N-dealkylation sites (tertiary alicyclic amines) is 1. The third kappa shape index (κ3) is 2.27. The molecular formula is C15H21NO2. The molecule has 2 rings (SSSR count). The van der Waals surface area contributed by atoms with Gasteiger partial charge in [-0.25, -0.2) is 0 Å². The number of hydrogen-bond acceptors (Lipinski definition) is 2. The van der Waals surface area contributed by atoms with Crippen molar-refractivity contribution in [2.45, 2.75) is 39.2 Å². The van der Waals surface area contributed by atoms with E-state index in [0.717, 1.165) is 29.5 Å². The van der Waals surface area contributed by atoms with E-state index in [4.69, 9.17) is 0 Å². The summed E-state index contributed by atoms with van der Waals surface area (Å²) in [6, 6.07) is 5.88. The van der Waals surface area contributed by atoms with Crippen LogP contribution in [-0.4, -0.2) is 34.6 Å². The molecule has 3 heteroatoms. The fourth-order valence-electron chi connectivity index (χ4n) is 2.74. The number of benzene rings is 1. The summed E-state index contributed by atoms with van der Waals surface area (Å²) in [5.74, 6) is 0.0476. The Labute approximate surface area is 108 Å². The zero-order valence-electron chi connectivity index (χ0n) is 11.4. The largest absolute Gasteiger partial charge is 0.386 e. The SMILES string of the molecule is CCCC1(O)CN(C(=O)c2c(C)cccc2C)C1. The number of carbonyl (C=O) groups excluding carboxylic acids is 1. The van der Waals surface area contributed by atoms with Crippen LogP contribution in [0, 0.1) is 13.8 Å². The predicted molar refractivity (Wildman–Crippen MR) is 71.7 cm³/mol. The number of aliphatic hydroxyl groups is 1. The molecule has 1 aromatic rings. The highest BCUT2D eigenvalue weighted by Gasteiger charge is 2.43. The van der Waals surface area contributed by atoms with Crippen molar-refractivity contribution in [1.82, 2.24) is 4.90 Å². The van der Waals surface area contributed by atoms with Crippen molar-refractivity contribution < 1.29 is 9.90 Å². The molecule has 1 heterocycles. The predicted octanol–water partition coefficient (Wildman–Crippen LogP) is 2.29. The second kappa shape index (κ2) is 4.73. The minimum absolute atomic E-state index is 0.0476. The number of carbonyl (C=O) groups is 1. The molecule has 0 aliphatic carbocycles. The number of β-amino-alcohol motifs (C(OH)–C–C–N with tert-alkyl or cyclic N) is 1. The molecule has 0 bridgehead atoms. The van der Waals surface area contributed by atoms with Gasteiger partial charge >= 0.3 is 0 Å². The Morgan fingerprint density at radius 2 is 1.89 bits per heavy atom. The Morgan fingerprint density at radius 3 is 2.39 bits per heavy atom. The van der Waals surface area contributed by atoms with Gasteiger partial charge in [-0.1, -0.05) is 31.5 Å². The molecule has 1 aliphatic rings. The van der Waals surface area contributed by atoms with E-state index in [1.807, 2.05) is 39.0 Å². The highest BCUT2D eigenvalue weighted by Crippen LogP contribution is 2.28. The summed E-state index contributed by atoms with van der Waals surface area (Å²) < 4.78 is 0. The van der Waals surface area contributed by atoms with Crippen molar-refractivity contribution >= 4 is 5.91 Å².